The summed E-state index contributed by atoms with van der Waals surface area (Å²) >= 11 is 0. The van der Waals surface area contributed by atoms with Gasteiger partial charge in [-0.3, -0.25) is 9.59 Å². The Hall–Kier alpha value is -2.86. The summed E-state index contributed by atoms with van der Waals surface area (Å²) in [5, 5.41) is 5.57. The van der Waals surface area contributed by atoms with Gasteiger partial charge in [-0.15, -0.1) is 0 Å². The summed E-state index contributed by atoms with van der Waals surface area (Å²) in [7, 11) is 0. The van der Waals surface area contributed by atoms with Gasteiger partial charge in [-0.05, 0) is 43.2 Å². The first kappa shape index (κ1) is 18.9. The first-order chi connectivity index (χ1) is 13.2. The molecular weight excluding hydrogens is 344 g/mol. The van der Waals surface area contributed by atoms with E-state index in [9.17, 15) is 9.59 Å². The zero-order chi connectivity index (χ0) is 18.9. The van der Waals surface area contributed by atoms with Crippen molar-refractivity contribution in [2.24, 2.45) is 0 Å². The molecule has 0 spiro atoms. The molecule has 1 aliphatic rings. The minimum absolute atomic E-state index is 0.135. The molecule has 6 nitrogen and oxygen atoms in total. The van der Waals surface area contributed by atoms with Crippen molar-refractivity contribution in [1.82, 2.24) is 10.6 Å². The maximum atomic E-state index is 12.3. The number of carbonyl (C=O) groups is 2. The van der Waals surface area contributed by atoms with E-state index in [1.54, 1.807) is 30.3 Å². The lowest BCUT2D eigenvalue weighted by molar-refractivity contribution is 0.0679. The lowest BCUT2D eigenvalue weighted by Crippen LogP contribution is -2.34. The van der Waals surface area contributed by atoms with Gasteiger partial charge in [0.1, 0.15) is 12.4 Å². The van der Waals surface area contributed by atoms with Crippen molar-refractivity contribution in [3.63, 3.8) is 0 Å². The van der Waals surface area contributed by atoms with Gasteiger partial charge in [-0.1, -0.05) is 24.3 Å². The van der Waals surface area contributed by atoms with E-state index in [4.69, 9.17) is 9.47 Å². The average Bonchev–Trinajstić information content (AvgIpc) is 3.24. The summed E-state index contributed by atoms with van der Waals surface area (Å²) in [6, 6.07) is 16.0. The molecule has 2 amide bonds. The SMILES string of the molecule is O=C(NCCNC(=O)c1cccc(OCC2CCCO2)c1)c1ccccc1. The normalized spacial score (nSPS) is 15.9. The highest BCUT2D eigenvalue weighted by Crippen LogP contribution is 2.17. The van der Waals surface area contributed by atoms with Crippen LogP contribution in [0, 0.1) is 0 Å². The van der Waals surface area contributed by atoms with E-state index in [0.29, 0.717) is 36.6 Å². The van der Waals surface area contributed by atoms with Crippen LogP contribution in [0.1, 0.15) is 33.6 Å². The van der Waals surface area contributed by atoms with E-state index in [1.807, 2.05) is 24.3 Å². The molecule has 1 saturated heterocycles. The van der Waals surface area contributed by atoms with Gasteiger partial charge in [0.2, 0.25) is 0 Å². The van der Waals surface area contributed by atoms with Gasteiger partial charge < -0.3 is 20.1 Å². The van der Waals surface area contributed by atoms with E-state index in [0.717, 1.165) is 19.4 Å². The van der Waals surface area contributed by atoms with Gasteiger partial charge in [-0.2, -0.15) is 0 Å². The Labute approximate surface area is 158 Å². The smallest absolute Gasteiger partial charge is 0.251 e. The summed E-state index contributed by atoms with van der Waals surface area (Å²) in [4.78, 5) is 24.2. The van der Waals surface area contributed by atoms with Crippen molar-refractivity contribution in [3.8, 4) is 5.75 Å². The zero-order valence-corrected chi connectivity index (χ0v) is 15.1. The number of amides is 2. The van der Waals surface area contributed by atoms with Crippen molar-refractivity contribution in [2.45, 2.75) is 18.9 Å². The highest BCUT2D eigenvalue weighted by molar-refractivity contribution is 5.95. The molecule has 0 radical (unpaired) electrons. The van der Waals surface area contributed by atoms with Crippen LogP contribution in [-0.2, 0) is 4.74 Å². The van der Waals surface area contributed by atoms with Crippen LogP contribution in [0.2, 0.25) is 0 Å². The molecule has 0 aromatic heterocycles. The van der Waals surface area contributed by atoms with E-state index in [-0.39, 0.29) is 17.9 Å². The maximum absolute atomic E-state index is 12.3. The summed E-state index contributed by atoms with van der Waals surface area (Å²) in [5.74, 6) is 0.288. The molecule has 142 valence electrons. The van der Waals surface area contributed by atoms with E-state index in [1.165, 1.54) is 0 Å². The molecular formula is C21H24N2O4. The van der Waals surface area contributed by atoms with Crippen LogP contribution in [0.5, 0.6) is 5.75 Å². The monoisotopic (exact) mass is 368 g/mol. The third-order valence-corrected chi connectivity index (χ3v) is 4.29. The van der Waals surface area contributed by atoms with Gasteiger partial charge >= 0.3 is 0 Å². The minimum Gasteiger partial charge on any atom is -0.491 e. The van der Waals surface area contributed by atoms with E-state index in [2.05, 4.69) is 10.6 Å². The Kier molecular flexibility index (Phi) is 6.82. The van der Waals surface area contributed by atoms with Crippen LogP contribution >= 0.6 is 0 Å². The van der Waals surface area contributed by atoms with Crippen LogP contribution < -0.4 is 15.4 Å². The third kappa shape index (κ3) is 5.82. The number of hydrogen-bond acceptors (Lipinski definition) is 4. The molecule has 1 unspecified atom stereocenters. The topological polar surface area (TPSA) is 76.7 Å². The van der Waals surface area contributed by atoms with Crippen molar-refractivity contribution in [3.05, 3.63) is 65.7 Å². The van der Waals surface area contributed by atoms with Gasteiger partial charge in [0.25, 0.3) is 11.8 Å². The predicted octanol–water partition coefficient (Wildman–Crippen LogP) is 2.40. The second kappa shape index (κ2) is 9.73. The molecule has 2 aromatic rings. The molecule has 1 atom stereocenters. The highest BCUT2D eigenvalue weighted by Gasteiger charge is 2.16. The van der Waals surface area contributed by atoms with Gasteiger partial charge in [-0.25, -0.2) is 0 Å². The lowest BCUT2D eigenvalue weighted by atomic mass is 10.2. The van der Waals surface area contributed by atoms with Crippen molar-refractivity contribution in [2.75, 3.05) is 26.3 Å². The van der Waals surface area contributed by atoms with Crippen molar-refractivity contribution < 1.29 is 19.1 Å². The predicted molar refractivity (Wildman–Crippen MR) is 102 cm³/mol. The average molecular weight is 368 g/mol. The second-order valence-electron chi connectivity index (χ2n) is 6.35. The molecule has 1 fully saturated rings. The molecule has 2 N–H and O–H groups in total. The largest absolute Gasteiger partial charge is 0.491 e. The Morgan fingerprint density at radius 1 is 0.963 bits per heavy atom. The van der Waals surface area contributed by atoms with Gasteiger partial charge in [0.05, 0.1) is 6.10 Å². The Bertz CT molecular complexity index is 758. The molecule has 27 heavy (non-hydrogen) atoms. The van der Waals surface area contributed by atoms with Gasteiger partial charge in [0.15, 0.2) is 0 Å². The summed E-state index contributed by atoms with van der Waals surface area (Å²) in [5.41, 5.74) is 1.12. The summed E-state index contributed by atoms with van der Waals surface area (Å²) in [6.45, 7) is 1.99. The van der Waals surface area contributed by atoms with Crippen LogP contribution in [0.25, 0.3) is 0 Å². The lowest BCUT2D eigenvalue weighted by Gasteiger charge is -2.12. The molecule has 1 heterocycles. The van der Waals surface area contributed by atoms with Crippen LogP contribution in [0.4, 0.5) is 0 Å². The molecule has 0 saturated carbocycles. The third-order valence-electron chi connectivity index (χ3n) is 4.29. The number of nitrogens with one attached hydrogen (secondary N) is 2. The molecule has 3 rings (SSSR count). The minimum atomic E-state index is -0.202. The number of rotatable bonds is 8. The van der Waals surface area contributed by atoms with E-state index < -0.39 is 0 Å². The number of ether oxygens (including phenoxy) is 2. The highest BCUT2D eigenvalue weighted by atomic mass is 16.5. The van der Waals surface area contributed by atoms with Crippen LogP contribution in [0.15, 0.2) is 54.6 Å². The van der Waals surface area contributed by atoms with Crippen LogP contribution in [-0.4, -0.2) is 44.2 Å². The molecule has 0 aliphatic carbocycles. The Morgan fingerprint density at radius 3 is 2.37 bits per heavy atom. The molecule has 6 heteroatoms. The number of carbonyl (C=O) groups excluding carboxylic acids is 2. The molecule has 2 aromatic carbocycles. The maximum Gasteiger partial charge on any atom is 0.251 e. The summed E-state index contributed by atoms with van der Waals surface area (Å²) < 4.78 is 11.3. The fraction of sp³-hybridized carbons (Fsp3) is 0.333. The standard InChI is InChI=1S/C21H24N2O4/c24-20(16-6-2-1-3-7-16)22-11-12-23-21(25)17-8-4-9-18(14-17)27-15-19-10-5-13-26-19/h1-4,6-9,14,19H,5,10-13,15H2,(H,22,24)(H,23,25). The van der Waals surface area contributed by atoms with Crippen LogP contribution in [0.3, 0.4) is 0 Å². The summed E-state index contributed by atoms with van der Waals surface area (Å²) in [6.07, 6.45) is 2.21. The fourth-order valence-electron chi connectivity index (χ4n) is 2.84. The molecule has 1 aliphatic heterocycles. The van der Waals surface area contributed by atoms with E-state index >= 15 is 0 Å². The Morgan fingerprint density at radius 2 is 1.67 bits per heavy atom. The van der Waals surface area contributed by atoms with Crippen molar-refractivity contribution in [1.29, 1.82) is 0 Å². The Balaban J connectivity index is 1.41. The van der Waals surface area contributed by atoms with Gasteiger partial charge in [0, 0.05) is 30.8 Å². The second-order valence-corrected chi connectivity index (χ2v) is 6.35. The first-order valence-corrected chi connectivity index (χ1v) is 9.18. The van der Waals surface area contributed by atoms with Crippen molar-refractivity contribution >= 4 is 11.8 Å². The molecule has 0 bridgehead atoms. The number of benzene rings is 2. The fourth-order valence-corrected chi connectivity index (χ4v) is 2.84. The quantitative estimate of drug-likeness (QED) is 0.702. The number of hydrogen-bond donors (Lipinski definition) is 2. The first-order valence-electron chi connectivity index (χ1n) is 9.18. The zero-order valence-electron chi connectivity index (χ0n) is 15.1.